The molecule has 0 aromatic heterocycles. The Morgan fingerprint density at radius 3 is 2.39 bits per heavy atom. The third-order valence-corrected chi connectivity index (χ3v) is 6.22. The minimum atomic E-state index is -1.78. The molecule has 0 bridgehead atoms. The van der Waals surface area contributed by atoms with Gasteiger partial charge in [0.2, 0.25) is 0 Å². The average Bonchev–Trinajstić information content (AvgIpc) is 3.00. The van der Waals surface area contributed by atoms with E-state index in [0.717, 1.165) is 0 Å². The highest BCUT2D eigenvalue weighted by Crippen LogP contribution is 2.75. The fraction of sp³-hybridized carbons (Fsp3) is 0.800. The Balaban J connectivity index is 2.05. The molecule has 2 N–H and O–H groups in total. The van der Waals surface area contributed by atoms with Gasteiger partial charge in [-0.2, -0.15) is 0 Å². The average molecular weight is 326 g/mol. The lowest BCUT2D eigenvalue weighted by atomic mass is 9.52. The largest absolute Gasteiger partial charge is 0.461 e. The number of hydrogen-bond donors (Lipinski definition) is 2. The van der Waals surface area contributed by atoms with Gasteiger partial charge >= 0.3 is 17.9 Å². The van der Waals surface area contributed by atoms with Gasteiger partial charge in [-0.15, -0.1) is 0 Å². The topological polar surface area (TPSA) is 119 Å². The smallest absolute Gasteiger partial charge is 0.339 e. The van der Waals surface area contributed by atoms with Crippen LogP contribution in [0.1, 0.15) is 33.6 Å². The van der Waals surface area contributed by atoms with E-state index in [1.165, 1.54) is 0 Å². The third kappa shape index (κ3) is 1.20. The number of carbonyl (C=O) groups is 3. The summed E-state index contributed by atoms with van der Waals surface area (Å²) in [7, 11) is 0. The van der Waals surface area contributed by atoms with Crippen LogP contribution in [0.25, 0.3) is 0 Å². The number of ether oxygens (including phenoxy) is 3. The molecule has 23 heavy (non-hydrogen) atoms. The highest BCUT2D eigenvalue weighted by Gasteiger charge is 2.92. The van der Waals surface area contributed by atoms with E-state index in [9.17, 15) is 24.6 Å². The van der Waals surface area contributed by atoms with E-state index in [2.05, 4.69) is 0 Å². The number of hydrogen-bond acceptors (Lipinski definition) is 8. The molecule has 0 aromatic rings. The lowest BCUT2D eigenvalue weighted by Gasteiger charge is -2.49. The minimum absolute atomic E-state index is 0.0679. The normalized spacial score (nSPS) is 51.0. The summed E-state index contributed by atoms with van der Waals surface area (Å²) in [6.07, 6.45) is -4.58. The lowest BCUT2D eigenvalue weighted by Crippen LogP contribution is -2.65. The molecule has 4 fully saturated rings. The van der Waals surface area contributed by atoms with E-state index < -0.39 is 58.3 Å². The number of esters is 3. The molecule has 4 aliphatic rings. The van der Waals surface area contributed by atoms with Crippen LogP contribution in [0.5, 0.6) is 0 Å². The van der Waals surface area contributed by atoms with Crippen LogP contribution >= 0.6 is 0 Å². The standard InChI is InChI=1S/C15H18O8/c1-12(2,3)14(20)4-6-13(5-7(16)21-6)10(19)23-11-15(13,14)8(17)9(18)22-11/h6,8,11,17,20H,4-5H2,1-3H3/t6-,8?,11-,13-,14+,15+/m0/s1. The van der Waals surface area contributed by atoms with Crippen LogP contribution in [0.2, 0.25) is 0 Å². The van der Waals surface area contributed by atoms with Crippen molar-refractivity contribution >= 4 is 17.9 Å². The first-order chi connectivity index (χ1) is 10.5. The van der Waals surface area contributed by atoms with E-state index in [1.807, 2.05) is 0 Å². The Labute approximate surface area is 131 Å². The summed E-state index contributed by atoms with van der Waals surface area (Å²) in [6, 6.07) is 0. The summed E-state index contributed by atoms with van der Waals surface area (Å²) < 4.78 is 15.5. The van der Waals surface area contributed by atoms with Crippen LogP contribution < -0.4 is 0 Å². The van der Waals surface area contributed by atoms with Gasteiger partial charge in [0.25, 0.3) is 6.29 Å². The van der Waals surface area contributed by atoms with Crippen LogP contribution in [-0.2, 0) is 28.6 Å². The maximum atomic E-state index is 12.6. The zero-order valence-electron chi connectivity index (χ0n) is 13.0. The van der Waals surface area contributed by atoms with Crippen molar-refractivity contribution in [2.45, 2.75) is 57.7 Å². The molecule has 0 aromatic carbocycles. The van der Waals surface area contributed by atoms with Crippen molar-refractivity contribution in [1.82, 2.24) is 0 Å². The second-order valence-corrected chi connectivity index (χ2v) is 7.89. The second kappa shape index (κ2) is 3.70. The van der Waals surface area contributed by atoms with Crippen LogP contribution in [-0.4, -0.2) is 52.2 Å². The Bertz CT molecular complexity index is 650. The maximum absolute atomic E-state index is 12.6. The van der Waals surface area contributed by atoms with Crippen LogP contribution in [0.3, 0.4) is 0 Å². The fourth-order valence-electron chi connectivity index (χ4n) is 5.15. The molecule has 0 amide bonds. The first kappa shape index (κ1) is 14.9. The Morgan fingerprint density at radius 2 is 1.78 bits per heavy atom. The van der Waals surface area contributed by atoms with Crippen molar-refractivity contribution in [2.24, 2.45) is 16.2 Å². The Morgan fingerprint density at radius 1 is 1.13 bits per heavy atom. The molecule has 2 spiro atoms. The molecule has 1 aliphatic carbocycles. The van der Waals surface area contributed by atoms with Gasteiger partial charge in [0, 0.05) is 6.42 Å². The number of rotatable bonds is 0. The van der Waals surface area contributed by atoms with Crippen molar-refractivity contribution in [1.29, 1.82) is 0 Å². The van der Waals surface area contributed by atoms with Crippen molar-refractivity contribution in [3.05, 3.63) is 0 Å². The van der Waals surface area contributed by atoms with Gasteiger partial charge in [-0.1, -0.05) is 20.8 Å². The van der Waals surface area contributed by atoms with Gasteiger partial charge in [-0.05, 0) is 5.41 Å². The van der Waals surface area contributed by atoms with Crippen molar-refractivity contribution < 1.29 is 38.8 Å². The first-order valence-electron chi connectivity index (χ1n) is 7.54. The molecule has 3 aliphatic heterocycles. The number of carbonyl (C=O) groups excluding carboxylic acids is 3. The van der Waals surface area contributed by atoms with E-state index in [1.54, 1.807) is 20.8 Å². The van der Waals surface area contributed by atoms with Gasteiger partial charge in [0.15, 0.2) is 6.10 Å². The van der Waals surface area contributed by atoms with Crippen molar-refractivity contribution in [3.8, 4) is 0 Å². The summed E-state index contributed by atoms with van der Waals surface area (Å²) in [4.78, 5) is 36.5. The molecule has 3 heterocycles. The van der Waals surface area contributed by atoms with Crippen molar-refractivity contribution in [2.75, 3.05) is 0 Å². The molecular formula is C15H18O8. The zero-order valence-corrected chi connectivity index (χ0v) is 13.0. The summed E-state index contributed by atoms with van der Waals surface area (Å²) in [5, 5.41) is 22.2. The van der Waals surface area contributed by atoms with E-state index in [-0.39, 0.29) is 12.8 Å². The molecule has 3 saturated heterocycles. The van der Waals surface area contributed by atoms with Gasteiger partial charge in [0.1, 0.15) is 16.9 Å². The van der Waals surface area contributed by atoms with Crippen molar-refractivity contribution in [3.63, 3.8) is 0 Å². The molecule has 0 radical (unpaired) electrons. The first-order valence-corrected chi connectivity index (χ1v) is 7.54. The van der Waals surface area contributed by atoms with E-state index in [4.69, 9.17) is 14.2 Å². The Hall–Kier alpha value is -1.67. The molecule has 1 saturated carbocycles. The maximum Gasteiger partial charge on any atom is 0.339 e. The predicted octanol–water partition coefficient (Wildman–Crippen LogP) is -0.744. The molecule has 4 rings (SSSR count). The second-order valence-electron chi connectivity index (χ2n) is 7.89. The molecule has 1 unspecified atom stereocenters. The van der Waals surface area contributed by atoms with E-state index in [0.29, 0.717) is 0 Å². The quantitative estimate of drug-likeness (QED) is 0.558. The summed E-state index contributed by atoms with van der Waals surface area (Å²) in [6.45, 7) is 5.19. The third-order valence-electron chi connectivity index (χ3n) is 6.22. The van der Waals surface area contributed by atoms with Gasteiger partial charge < -0.3 is 24.4 Å². The number of aliphatic hydroxyl groups excluding tert-OH is 1. The van der Waals surface area contributed by atoms with Crippen LogP contribution in [0, 0.1) is 16.2 Å². The van der Waals surface area contributed by atoms with Crippen LogP contribution in [0.15, 0.2) is 0 Å². The van der Waals surface area contributed by atoms with Gasteiger partial charge in [-0.25, -0.2) is 4.79 Å². The monoisotopic (exact) mass is 326 g/mol. The molecule has 8 heteroatoms. The van der Waals surface area contributed by atoms with Crippen LogP contribution in [0.4, 0.5) is 0 Å². The zero-order chi connectivity index (χ0) is 17.0. The van der Waals surface area contributed by atoms with Gasteiger partial charge in [-0.3, -0.25) is 9.59 Å². The summed E-state index contributed by atoms with van der Waals surface area (Å²) in [5.74, 6) is -2.36. The minimum Gasteiger partial charge on any atom is -0.461 e. The van der Waals surface area contributed by atoms with E-state index >= 15 is 0 Å². The Kier molecular flexibility index (Phi) is 2.39. The highest BCUT2D eigenvalue weighted by molar-refractivity contribution is 5.94. The summed E-state index contributed by atoms with van der Waals surface area (Å²) in [5.41, 5.74) is -5.91. The highest BCUT2D eigenvalue weighted by atomic mass is 16.7. The predicted molar refractivity (Wildman–Crippen MR) is 70.4 cm³/mol. The molecule has 126 valence electrons. The molecule has 6 atom stereocenters. The lowest BCUT2D eigenvalue weighted by molar-refractivity contribution is -0.224. The van der Waals surface area contributed by atoms with Gasteiger partial charge in [0.05, 0.1) is 12.0 Å². The molecular weight excluding hydrogens is 308 g/mol. The SMILES string of the molecule is CC(C)(C)[C@]1(O)C[C@@H]2OC(=O)C[C@@]23C(=O)O[C@@H]2OC(=O)C(O)[C@]213. The fourth-order valence-corrected chi connectivity index (χ4v) is 5.15. The summed E-state index contributed by atoms with van der Waals surface area (Å²) >= 11 is 0. The molecule has 8 nitrogen and oxygen atoms in total. The number of aliphatic hydroxyl groups is 2.